The van der Waals surface area contributed by atoms with Crippen LogP contribution in [0.5, 0.6) is 11.5 Å². The van der Waals surface area contributed by atoms with Crippen LogP contribution in [0.4, 0.5) is 10.5 Å². The highest BCUT2D eigenvalue weighted by atomic mass is 16.5. The molecule has 0 radical (unpaired) electrons. The molecule has 2 fully saturated rings. The Morgan fingerprint density at radius 2 is 1.80 bits per heavy atom. The van der Waals surface area contributed by atoms with Gasteiger partial charge in [-0.1, -0.05) is 12.8 Å². The lowest BCUT2D eigenvalue weighted by Crippen LogP contribution is -2.32. The van der Waals surface area contributed by atoms with Gasteiger partial charge in [0.2, 0.25) is 0 Å². The quantitative estimate of drug-likeness (QED) is 0.404. The number of ether oxygens (including phenoxy) is 1. The summed E-state index contributed by atoms with van der Waals surface area (Å²) in [5.74, 6) is 0.737. The lowest BCUT2D eigenvalue weighted by atomic mass is 10.0. The van der Waals surface area contributed by atoms with Crippen molar-refractivity contribution in [2.45, 2.75) is 57.4 Å². The lowest BCUT2D eigenvalue weighted by Gasteiger charge is -2.11. The number of anilines is 1. The molecule has 35 heavy (non-hydrogen) atoms. The van der Waals surface area contributed by atoms with E-state index in [1.54, 1.807) is 36.4 Å². The summed E-state index contributed by atoms with van der Waals surface area (Å²) in [5.41, 5.74) is 2.86. The van der Waals surface area contributed by atoms with Crippen LogP contribution in [0.3, 0.4) is 0 Å². The first-order valence-electron chi connectivity index (χ1n) is 12.3. The Kier molecular flexibility index (Phi) is 6.44. The van der Waals surface area contributed by atoms with Gasteiger partial charge in [-0.15, -0.1) is 0 Å². The van der Waals surface area contributed by atoms with Crippen LogP contribution in [0.1, 0.15) is 67.4 Å². The van der Waals surface area contributed by atoms with Crippen molar-refractivity contribution in [2.75, 3.05) is 11.9 Å². The number of phenols is 1. The van der Waals surface area contributed by atoms with Crippen LogP contribution in [0.2, 0.25) is 0 Å². The Morgan fingerprint density at radius 3 is 2.49 bits per heavy atom. The van der Waals surface area contributed by atoms with Gasteiger partial charge in [-0.25, -0.2) is 4.79 Å². The maximum absolute atomic E-state index is 12.9. The standard InChI is InChI=1S/C27H30N4O4/c1-2-35-21-12-7-18(8-13-21)26(33)28-20-11-14-25(32)22(15-20)23-16-24(17-5-3-4-6-17)31(30-23)27(34)29-19-9-10-19/h7-8,11-17,19,32H,2-6,9-10H2,1H3,(H,28,33)(H,29,34). The highest BCUT2D eigenvalue weighted by Gasteiger charge is 2.29. The SMILES string of the molecule is CCOc1ccc(C(=O)Nc2ccc(O)c(-c3cc(C4CCCC4)n(C(=O)NC4CC4)n3)c2)cc1. The van der Waals surface area contributed by atoms with Gasteiger partial charge in [0.25, 0.3) is 5.91 Å². The fourth-order valence-electron chi connectivity index (χ4n) is 4.56. The largest absolute Gasteiger partial charge is 0.507 e. The normalized spacial score (nSPS) is 15.7. The minimum absolute atomic E-state index is 0.0364. The van der Waals surface area contributed by atoms with Crippen LogP contribution >= 0.6 is 0 Å². The van der Waals surface area contributed by atoms with Crippen molar-refractivity contribution >= 4 is 17.6 Å². The van der Waals surface area contributed by atoms with E-state index in [1.807, 2.05) is 13.0 Å². The number of benzene rings is 2. The molecule has 2 amide bonds. The number of hydrogen-bond donors (Lipinski definition) is 3. The molecular weight excluding hydrogens is 444 g/mol. The van der Waals surface area contributed by atoms with E-state index in [0.29, 0.717) is 34.9 Å². The molecule has 1 aromatic heterocycles. The zero-order chi connectivity index (χ0) is 24.4. The van der Waals surface area contributed by atoms with Crippen molar-refractivity contribution in [1.82, 2.24) is 15.1 Å². The average Bonchev–Trinajstić information content (AvgIpc) is 3.32. The van der Waals surface area contributed by atoms with Crippen LogP contribution < -0.4 is 15.4 Å². The molecule has 5 rings (SSSR count). The second-order valence-electron chi connectivity index (χ2n) is 9.21. The van der Waals surface area contributed by atoms with Gasteiger partial charge in [0.15, 0.2) is 0 Å². The summed E-state index contributed by atoms with van der Waals surface area (Å²) in [6.07, 6.45) is 6.30. The molecule has 182 valence electrons. The minimum Gasteiger partial charge on any atom is -0.507 e. The molecule has 3 N–H and O–H groups in total. The molecule has 0 atom stereocenters. The number of amides is 2. The van der Waals surface area contributed by atoms with Crippen LogP contribution in [0.25, 0.3) is 11.3 Å². The van der Waals surface area contributed by atoms with Gasteiger partial charge in [-0.3, -0.25) is 4.79 Å². The second kappa shape index (κ2) is 9.82. The Balaban J connectivity index is 1.40. The predicted octanol–water partition coefficient (Wildman–Crippen LogP) is 5.28. The second-order valence-corrected chi connectivity index (χ2v) is 9.21. The van der Waals surface area contributed by atoms with Gasteiger partial charge < -0.3 is 20.5 Å². The van der Waals surface area contributed by atoms with E-state index in [4.69, 9.17) is 4.74 Å². The smallest absolute Gasteiger partial charge is 0.342 e. The molecule has 2 aliphatic rings. The number of phenolic OH excluding ortho intramolecular Hbond substituents is 1. The zero-order valence-electron chi connectivity index (χ0n) is 19.8. The molecular formula is C27H30N4O4. The Bertz CT molecular complexity index is 1220. The minimum atomic E-state index is -0.273. The van der Waals surface area contributed by atoms with Gasteiger partial charge in [0.1, 0.15) is 11.5 Å². The maximum atomic E-state index is 12.9. The third-order valence-electron chi connectivity index (χ3n) is 6.57. The van der Waals surface area contributed by atoms with Gasteiger partial charge in [-0.2, -0.15) is 9.78 Å². The summed E-state index contributed by atoms with van der Waals surface area (Å²) in [6, 6.07) is 13.7. The van der Waals surface area contributed by atoms with E-state index in [0.717, 1.165) is 44.2 Å². The van der Waals surface area contributed by atoms with Crippen LogP contribution in [0, 0.1) is 0 Å². The van der Waals surface area contributed by atoms with E-state index in [-0.39, 0.29) is 29.6 Å². The van der Waals surface area contributed by atoms with Crippen LogP contribution in [-0.4, -0.2) is 39.5 Å². The predicted molar refractivity (Wildman–Crippen MR) is 133 cm³/mol. The molecule has 8 nitrogen and oxygen atoms in total. The van der Waals surface area contributed by atoms with Crippen molar-refractivity contribution in [3.63, 3.8) is 0 Å². The summed E-state index contributed by atoms with van der Waals surface area (Å²) in [5, 5.41) is 21.1. The molecule has 0 spiro atoms. The number of aromatic hydroxyl groups is 1. The first-order chi connectivity index (χ1) is 17.0. The lowest BCUT2D eigenvalue weighted by molar-refractivity contribution is 0.102. The van der Waals surface area contributed by atoms with Gasteiger partial charge in [-0.05, 0) is 81.1 Å². The summed E-state index contributed by atoms with van der Waals surface area (Å²) in [7, 11) is 0. The molecule has 2 saturated carbocycles. The summed E-state index contributed by atoms with van der Waals surface area (Å²) in [4.78, 5) is 25.7. The molecule has 0 saturated heterocycles. The number of aromatic nitrogens is 2. The number of nitrogens with zero attached hydrogens (tertiary/aromatic N) is 2. The maximum Gasteiger partial charge on any atom is 0.342 e. The van der Waals surface area contributed by atoms with Gasteiger partial charge in [0, 0.05) is 28.8 Å². The fraction of sp³-hybridized carbons (Fsp3) is 0.370. The molecule has 0 aliphatic heterocycles. The van der Waals surface area contributed by atoms with E-state index in [9.17, 15) is 14.7 Å². The molecule has 2 aliphatic carbocycles. The van der Waals surface area contributed by atoms with Crippen molar-refractivity contribution in [3.8, 4) is 22.8 Å². The molecule has 0 bridgehead atoms. The van der Waals surface area contributed by atoms with Crippen molar-refractivity contribution in [3.05, 3.63) is 59.8 Å². The summed E-state index contributed by atoms with van der Waals surface area (Å²) in [6.45, 7) is 2.46. The van der Waals surface area contributed by atoms with Gasteiger partial charge >= 0.3 is 6.03 Å². The summed E-state index contributed by atoms with van der Waals surface area (Å²) < 4.78 is 6.90. The molecule has 0 unspecified atom stereocenters. The van der Waals surface area contributed by atoms with E-state index >= 15 is 0 Å². The van der Waals surface area contributed by atoms with E-state index in [1.165, 1.54) is 10.7 Å². The fourth-order valence-corrected chi connectivity index (χ4v) is 4.56. The number of carbonyl (C=O) groups excluding carboxylic acids is 2. The molecule has 8 heteroatoms. The third-order valence-corrected chi connectivity index (χ3v) is 6.57. The first kappa shape index (κ1) is 23.0. The molecule has 1 heterocycles. The zero-order valence-corrected chi connectivity index (χ0v) is 19.8. The Hall–Kier alpha value is -3.81. The number of hydrogen-bond acceptors (Lipinski definition) is 5. The van der Waals surface area contributed by atoms with Crippen molar-refractivity contribution < 1.29 is 19.4 Å². The highest BCUT2D eigenvalue weighted by Crippen LogP contribution is 2.38. The Labute approximate surface area is 204 Å². The third kappa shape index (κ3) is 5.16. The topological polar surface area (TPSA) is 105 Å². The first-order valence-corrected chi connectivity index (χ1v) is 12.3. The Morgan fingerprint density at radius 1 is 1.06 bits per heavy atom. The highest BCUT2D eigenvalue weighted by molar-refractivity contribution is 6.04. The van der Waals surface area contributed by atoms with Gasteiger partial charge in [0.05, 0.1) is 18.0 Å². The van der Waals surface area contributed by atoms with Crippen molar-refractivity contribution in [2.24, 2.45) is 0 Å². The van der Waals surface area contributed by atoms with E-state index < -0.39 is 0 Å². The summed E-state index contributed by atoms with van der Waals surface area (Å²) >= 11 is 0. The van der Waals surface area contributed by atoms with Crippen LogP contribution in [-0.2, 0) is 0 Å². The molecule has 2 aromatic carbocycles. The average molecular weight is 475 g/mol. The monoisotopic (exact) mass is 474 g/mol. The van der Waals surface area contributed by atoms with E-state index in [2.05, 4.69) is 15.7 Å². The number of carbonyl (C=O) groups is 2. The van der Waals surface area contributed by atoms with Crippen molar-refractivity contribution in [1.29, 1.82) is 0 Å². The molecule has 3 aromatic rings. The number of nitrogens with one attached hydrogen (secondary N) is 2. The number of rotatable bonds is 7. The van der Waals surface area contributed by atoms with Crippen LogP contribution in [0.15, 0.2) is 48.5 Å².